The Hall–Kier alpha value is -3.66. The van der Waals surface area contributed by atoms with Crippen LogP contribution in [0.3, 0.4) is 0 Å². The molecule has 12 heteroatoms. The molecule has 11 nitrogen and oxygen atoms in total. The highest BCUT2D eigenvalue weighted by molar-refractivity contribution is 7.33. The third-order valence-electron chi connectivity index (χ3n) is 5.24. The Kier molecular flexibility index (Phi) is 7.27. The van der Waals surface area contributed by atoms with Gasteiger partial charge in [0.1, 0.15) is 25.3 Å². The Morgan fingerprint density at radius 1 is 0.765 bits per heavy atom. The van der Waals surface area contributed by atoms with E-state index in [1.165, 1.54) is 0 Å². The second kappa shape index (κ2) is 10.5. The average molecular weight is 487 g/mol. The largest absolute Gasteiger partial charge is 0.698 e. The van der Waals surface area contributed by atoms with Gasteiger partial charge in [0, 0.05) is 4.57 Å². The second-order valence-electron chi connectivity index (χ2n) is 7.30. The summed E-state index contributed by atoms with van der Waals surface area (Å²) in [5.74, 6) is -1.55. The first-order valence-electron chi connectivity index (χ1n) is 10.3. The Morgan fingerprint density at radius 2 is 1.15 bits per heavy atom. The number of ether oxygens (including phenoxy) is 2. The molecule has 0 unspecified atom stereocenters. The molecule has 0 radical (unpaired) electrons. The fraction of sp³-hybridized carbons (Fsp3) is 0.273. The zero-order valence-electron chi connectivity index (χ0n) is 17.8. The van der Waals surface area contributed by atoms with Crippen molar-refractivity contribution in [3.05, 3.63) is 71.8 Å². The molecule has 34 heavy (non-hydrogen) atoms. The highest BCUT2D eigenvalue weighted by atomic mass is 31.1. The maximum atomic E-state index is 12.5. The van der Waals surface area contributed by atoms with E-state index in [1.807, 2.05) is 0 Å². The molecule has 2 aliphatic heterocycles. The minimum atomic E-state index is -2.89. The van der Waals surface area contributed by atoms with Gasteiger partial charge in [0.15, 0.2) is 13.2 Å². The lowest BCUT2D eigenvalue weighted by Crippen LogP contribution is -2.37. The molecule has 2 aromatic rings. The quantitative estimate of drug-likeness (QED) is 0.516. The van der Waals surface area contributed by atoms with Crippen molar-refractivity contribution in [2.75, 3.05) is 26.4 Å². The third-order valence-corrected chi connectivity index (χ3v) is 5.92. The first-order chi connectivity index (χ1) is 16.5. The molecule has 2 atom stereocenters. The summed E-state index contributed by atoms with van der Waals surface area (Å²) in [5, 5.41) is 0. The molecule has 0 aliphatic carbocycles. The van der Waals surface area contributed by atoms with Crippen LogP contribution in [-0.4, -0.2) is 60.2 Å². The van der Waals surface area contributed by atoms with Gasteiger partial charge in [0.2, 0.25) is 0 Å². The molecule has 0 N–H and O–H groups in total. The summed E-state index contributed by atoms with van der Waals surface area (Å²) in [6.07, 6.45) is -1.68. The number of imide groups is 2. The summed E-state index contributed by atoms with van der Waals surface area (Å²) in [7, 11) is -2.89. The fourth-order valence-electron chi connectivity index (χ4n) is 3.63. The number of carbonyl (C=O) groups excluding carboxylic acids is 4. The molecular weight excluding hydrogens is 467 g/mol. The number of benzene rings is 2. The van der Waals surface area contributed by atoms with Gasteiger partial charge in [-0.25, -0.2) is 19.4 Å². The number of carbonyl (C=O) groups is 4. The SMILES string of the molecule is O=C(CO[P+](=O)OCC(=O)N1C(=O)OC[C@H]1c1ccccc1)N1C(=O)OC[C@H]1c1ccccc1. The van der Waals surface area contributed by atoms with Crippen LogP contribution in [0.2, 0.25) is 0 Å². The van der Waals surface area contributed by atoms with Crippen LogP contribution < -0.4 is 0 Å². The van der Waals surface area contributed by atoms with Crippen LogP contribution >= 0.6 is 8.25 Å². The van der Waals surface area contributed by atoms with Crippen molar-refractivity contribution in [2.45, 2.75) is 12.1 Å². The molecule has 2 fully saturated rings. The van der Waals surface area contributed by atoms with E-state index in [9.17, 15) is 23.7 Å². The van der Waals surface area contributed by atoms with Gasteiger partial charge in [0.25, 0.3) is 11.8 Å². The van der Waals surface area contributed by atoms with Crippen LogP contribution in [0.25, 0.3) is 0 Å². The summed E-state index contributed by atoms with van der Waals surface area (Å²) in [4.78, 5) is 50.8. The zero-order chi connectivity index (χ0) is 24.1. The second-order valence-corrected chi connectivity index (χ2v) is 8.27. The molecule has 0 aromatic heterocycles. The number of hydrogen-bond acceptors (Lipinski definition) is 9. The number of amides is 4. The molecular formula is C22H20N2O9P+. The van der Waals surface area contributed by atoms with Gasteiger partial charge in [-0.05, 0) is 11.1 Å². The van der Waals surface area contributed by atoms with Crippen LogP contribution in [0.1, 0.15) is 23.2 Å². The van der Waals surface area contributed by atoms with E-state index in [0.717, 1.165) is 9.80 Å². The van der Waals surface area contributed by atoms with Crippen LogP contribution in [0.15, 0.2) is 60.7 Å². The molecule has 4 amide bonds. The van der Waals surface area contributed by atoms with Gasteiger partial charge in [0.05, 0.1) is 0 Å². The van der Waals surface area contributed by atoms with E-state index in [4.69, 9.17) is 18.5 Å². The van der Waals surface area contributed by atoms with Crippen molar-refractivity contribution >= 4 is 32.3 Å². The van der Waals surface area contributed by atoms with E-state index < -0.39 is 57.6 Å². The Balaban J connectivity index is 1.29. The Morgan fingerprint density at radius 3 is 1.53 bits per heavy atom. The number of rotatable bonds is 8. The summed E-state index contributed by atoms with van der Waals surface area (Å²) in [5.41, 5.74) is 1.39. The third kappa shape index (κ3) is 5.12. The van der Waals surface area contributed by atoms with Gasteiger partial charge in [-0.2, -0.15) is 0 Å². The molecule has 4 rings (SSSR count). The van der Waals surface area contributed by atoms with Crippen molar-refractivity contribution in [2.24, 2.45) is 0 Å². The molecule has 0 saturated carbocycles. The highest BCUT2D eigenvalue weighted by Crippen LogP contribution is 2.31. The van der Waals surface area contributed by atoms with Gasteiger partial charge < -0.3 is 9.47 Å². The highest BCUT2D eigenvalue weighted by Gasteiger charge is 2.42. The molecule has 0 bridgehead atoms. The van der Waals surface area contributed by atoms with E-state index in [-0.39, 0.29) is 13.2 Å². The summed E-state index contributed by atoms with van der Waals surface area (Å²) in [6.45, 7) is -1.50. The zero-order valence-corrected chi connectivity index (χ0v) is 18.7. The first-order valence-corrected chi connectivity index (χ1v) is 11.4. The maximum Gasteiger partial charge on any atom is 0.698 e. The van der Waals surface area contributed by atoms with Crippen LogP contribution in [0.5, 0.6) is 0 Å². The van der Waals surface area contributed by atoms with Crippen molar-refractivity contribution in [1.29, 1.82) is 0 Å². The first kappa shape index (κ1) is 23.5. The molecule has 0 spiro atoms. The predicted octanol–water partition coefficient (Wildman–Crippen LogP) is 3.12. The Bertz CT molecular complexity index is 1010. The maximum absolute atomic E-state index is 12.5. The monoisotopic (exact) mass is 487 g/mol. The van der Waals surface area contributed by atoms with Gasteiger partial charge >= 0.3 is 20.4 Å². The lowest BCUT2D eigenvalue weighted by Gasteiger charge is -2.19. The number of hydrogen-bond donors (Lipinski definition) is 0. The van der Waals surface area contributed by atoms with Crippen molar-refractivity contribution in [3.63, 3.8) is 0 Å². The van der Waals surface area contributed by atoms with Crippen molar-refractivity contribution in [1.82, 2.24) is 9.80 Å². The fourth-order valence-corrected chi connectivity index (χ4v) is 4.13. The van der Waals surface area contributed by atoms with E-state index in [0.29, 0.717) is 11.1 Å². The van der Waals surface area contributed by atoms with Crippen molar-refractivity contribution < 1.29 is 42.3 Å². The molecule has 2 saturated heterocycles. The predicted molar refractivity (Wildman–Crippen MR) is 114 cm³/mol. The lowest BCUT2D eigenvalue weighted by molar-refractivity contribution is -0.131. The lowest BCUT2D eigenvalue weighted by atomic mass is 10.1. The molecule has 2 aliphatic rings. The van der Waals surface area contributed by atoms with Gasteiger partial charge in [-0.1, -0.05) is 60.7 Å². The minimum Gasteiger partial charge on any atom is -0.446 e. The summed E-state index contributed by atoms with van der Waals surface area (Å²) >= 11 is 0. The van der Waals surface area contributed by atoms with Crippen LogP contribution in [0, 0.1) is 0 Å². The Labute approximate surface area is 195 Å². The standard InChI is InChI=1S/C22H20N2O9P/c25-19(23-17(11-30-21(23)27)15-7-3-1-4-8-15)13-32-34(29)33-14-20(26)24-18(12-31-22(24)28)16-9-5-2-6-10-16/h1-10,17-18H,11-14H2/q+1/t17-,18-/m0/s1. The smallest absolute Gasteiger partial charge is 0.446 e. The van der Waals surface area contributed by atoms with E-state index in [1.54, 1.807) is 60.7 Å². The number of nitrogens with zero attached hydrogens (tertiary/aromatic N) is 2. The summed E-state index contributed by atoms with van der Waals surface area (Å²) in [6, 6.07) is 16.3. The minimum absolute atomic E-state index is 0.0137. The normalized spacial score (nSPS) is 19.6. The van der Waals surface area contributed by atoms with Crippen LogP contribution in [0.4, 0.5) is 9.59 Å². The van der Waals surface area contributed by atoms with E-state index >= 15 is 0 Å². The van der Waals surface area contributed by atoms with Gasteiger partial charge in [-0.3, -0.25) is 9.59 Å². The molecule has 2 heterocycles. The number of cyclic esters (lactones) is 2. The topological polar surface area (TPSA) is 129 Å². The van der Waals surface area contributed by atoms with E-state index in [2.05, 4.69) is 0 Å². The van der Waals surface area contributed by atoms with Crippen molar-refractivity contribution in [3.8, 4) is 0 Å². The molecule has 176 valence electrons. The van der Waals surface area contributed by atoms with Crippen LogP contribution in [-0.2, 0) is 32.7 Å². The molecule has 2 aromatic carbocycles. The van der Waals surface area contributed by atoms with Gasteiger partial charge in [-0.15, -0.1) is 9.05 Å². The summed E-state index contributed by atoms with van der Waals surface area (Å²) < 4.78 is 31.8. The average Bonchev–Trinajstić information content (AvgIpc) is 3.44.